The largest absolute Gasteiger partial charge is 0.345 e. The maximum Gasteiger partial charge on any atom is 0.258 e. The number of carbonyl (C=O) groups excluding carboxylic acids is 2. The number of nitrogens with zero attached hydrogens (tertiary/aromatic N) is 1. The van der Waals surface area contributed by atoms with E-state index >= 15 is 0 Å². The number of aryl methyl sites for hydroxylation is 2. The van der Waals surface area contributed by atoms with E-state index in [2.05, 4.69) is 5.32 Å². The Kier molecular flexibility index (Phi) is 5.78. The normalized spacial score (nSPS) is 10.5. The summed E-state index contributed by atoms with van der Waals surface area (Å²) < 4.78 is 14.7. The predicted molar refractivity (Wildman–Crippen MR) is 114 cm³/mol. The number of anilines is 1. The fourth-order valence-corrected chi connectivity index (χ4v) is 2.99. The first kappa shape index (κ1) is 20.3. The van der Waals surface area contributed by atoms with Gasteiger partial charge in [0.25, 0.3) is 11.8 Å². The van der Waals surface area contributed by atoms with Gasteiger partial charge in [-0.25, -0.2) is 4.39 Å². The van der Waals surface area contributed by atoms with Crippen molar-refractivity contribution in [1.82, 2.24) is 4.90 Å². The van der Waals surface area contributed by atoms with E-state index in [0.717, 1.165) is 11.1 Å². The highest BCUT2D eigenvalue weighted by atomic mass is 19.1. The number of amides is 2. The molecule has 2 amide bonds. The van der Waals surface area contributed by atoms with E-state index in [1.54, 1.807) is 44.4 Å². The van der Waals surface area contributed by atoms with Crippen LogP contribution in [0.2, 0.25) is 0 Å². The van der Waals surface area contributed by atoms with Gasteiger partial charge in [0.15, 0.2) is 0 Å². The third kappa shape index (κ3) is 4.51. The fourth-order valence-electron chi connectivity index (χ4n) is 2.99. The van der Waals surface area contributed by atoms with E-state index in [9.17, 15) is 14.0 Å². The lowest BCUT2D eigenvalue weighted by atomic mass is 9.99. The van der Waals surface area contributed by atoms with Crippen molar-refractivity contribution in [2.45, 2.75) is 13.8 Å². The smallest absolute Gasteiger partial charge is 0.258 e. The van der Waals surface area contributed by atoms with Crippen molar-refractivity contribution >= 4 is 17.5 Å². The minimum atomic E-state index is -0.598. The van der Waals surface area contributed by atoms with Crippen molar-refractivity contribution in [1.29, 1.82) is 0 Å². The molecule has 3 aromatic carbocycles. The topological polar surface area (TPSA) is 49.4 Å². The van der Waals surface area contributed by atoms with Crippen LogP contribution in [0, 0.1) is 19.7 Å². The second-order valence-electron chi connectivity index (χ2n) is 7.23. The molecule has 5 heteroatoms. The number of carbonyl (C=O) groups is 2. The zero-order valence-electron chi connectivity index (χ0n) is 16.9. The van der Waals surface area contributed by atoms with Crippen LogP contribution >= 0.6 is 0 Å². The number of hydrogen-bond donors (Lipinski definition) is 1. The molecule has 0 atom stereocenters. The lowest BCUT2D eigenvalue weighted by molar-refractivity contribution is 0.0827. The Bertz CT molecular complexity index is 1090. The van der Waals surface area contributed by atoms with Gasteiger partial charge in [-0.3, -0.25) is 9.59 Å². The van der Waals surface area contributed by atoms with Gasteiger partial charge in [-0.2, -0.15) is 0 Å². The molecule has 0 aliphatic rings. The van der Waals surface area contributed by atoms with Crippen molar-refractivity contribution in [3.63, 3.8) is 0 Å². The number of rotatable bonds is 4. The molecule has 0 saturated heterocycles. The van der Waals surface area contributed by atoms with Crippen LogP contribution in [0.1, 0.15) is 31.8 Å². The third-order valence-electron chi connectivity index (χ3n) is 4.83. The highest BCUT2D eigenvalue weighted by molar-refractivity contribution is 6.05. The summed E-state index contributed by atoms with van der Waals surface area (Å²) in [7, 11) is 3.31. The van der Waals surface area contributed by atoms with Crippen molar-refractivity contribution in [2.75, 3.05) is 19.4 Å². The fraction of sp³-hybridized carbons (Fsp3) is 0.167. The molecule has 148 valence electrons. The van der Waals surface area contributed by atoms with Crippen LogP contribution in [0.4, 0.5) is 10.1 Å². The lowest BCUT2D eigenvalue weighted by Crippen LogP contribution is -2.22. The standard InChI is InChI=1S/C24H23FN2O2/c1-15-8-9-17(12-16(15)2)18-10-11-21(22(25)14-18)23(28)26-20-7-5-6-19(13-20)24(29)27(3)4/h5-14H,1-4H3,(H,26,28). The molecular weight excluding hydrogens is 367 g/mol. The number of benzene rings is 3. The minimum absolute atomic E-state index is 0.0538. The number of halogens is 1. The molecule has 0 spiro atoms. The second kappa shape index (κ2) is 8.27. The Morgan fingerprint density at radius 1 is 0.862 bits per heavy atom. The molecule has 0 fully saturated rings. The van der Waals surface area contributed by atoms with Gasteiger partial charge in [0, 0.05) is 25.3 Å². The van der Waals surface area contributed by atoms with E-state index in [1.807, 2.05) is 32.0 Å². The van der Waals surface area contributed by atoms with Crippen LogP contribution in [0.5, 0.6) is 0 Å². The van der Waals surface area contributed by atoms with Crippen molar-refractivity contribution in [2.24, 2.45) is 0 Å². The monoisotopic (exact) mass is 390 g/mol. The van der Waals surface area contributed by atoms with Crippen LogP contribution in [0.15, 0.2) is 60.7 Å². The molecule has 3 aromatic rings. The summed E-state index contributed by atoms with van der Waals surface area (Å²) in [4.78, 5) is 26.1. The van der Waals surface area contributed by atoms with Crippen molar-refractivity contribution < 1.29 is 14.0 Å². The first-order chi connectivity index (χ1) is 13.8. The van der Waals surface area contributed by atoms with Gasteiger partial charge < -0.3 is 10.2 Å². The van der Waals surface area contributed by atoms with Gasteiger partial charge in [0.05, 0.1) is 5.56 Å². The van der Waals surface area contributed by atoms with Crippen LogP contribution < -0.4 is 5.32 Å². The summed E-state index contributed by atoms with van der Waals surface area (Å²) in [6.45, 7) is 4.03. The molecule has 1 N–H and O–H groups in total. The van der Waals surface area contributed by atoms with Crippen molar-refractivity contribution in [3.05, 3.63) is 88.7 Å². The average Bonchev–Trinajstić information content (AvgIpc) is 2.69. The van der Waals surface area contributed by atoms with Gasteiger partial charge in [-0.1, -0.05) is 30.3 Å². The second-order valence-corrected chi connectivity index (χ2v) is 7.23. The quantitative estimate of drug-likeness (QED) is 0.677. The average molecular weight is 390 g/mol. The van der Waals surface area contributed by atoms with Gasteiger partial charge in [-0.15, -0.1) is 0 Å². The molecule has 0 radical (unpaired) electrons. The molecule has 0 bridgehead atoms. The molecular formula is C24H23FN2O2. The molecule has 0 heterocycles. The predicted octanol–water partition coefficient (Wildman–Crippen LogP) is 5.06. The summed E-state index contributed by atoms with van der Waals surface area (Å²) in [6, 6.07) is 17.1. The number of nitrogens with one attached hydrogen (secondary N) is 1. The van der Waals surface area contributed by atoms with E-state index in [4.69, 9.17) is 0 Å². The van der Waals surface area contributed by atoms with Gasteiger partial charge in [0.1, 0.15) is 5.82 Å². The van der Waals surface area contributed by atoms with E-state index in [-0.39, 0.29) is 11.5 Å². The Hall–Kier alpha value is -3.47. The third-order valence-corrected chi connectivity index (χ3v) is 4.83. The van der Waals surface area contributed by atoms with Crippen molar-refractivity contribution in [3.8, 4) is 11.1 Å². The van der Waals surface area contributed by atoms with Crippen LogP contribution in [-0.2, 0) is 0 Å². The van der Waals surface area contributed by atoms with E-state index in [1.165, 1.54) is 22.6 Å². The van der Waals surface area contributed by atoms with Gasteiger partial charge in [0.2, 0.25) is 0 Å². The van der Waals surface area contributed by atoms with Crippen LogP contribution in [0.25, 0.3) is 11.1 Å². The highest BCUT2D eigenvalue weighted by Crippen LogP contribution is 2.25. The maximum atomic E-state index is 14.7. The van der Waals surface area contributed by atoms with Crippen LogP contribution in [0.3, 0.4) is 0 Å². The van der Waals surface area contributed by atoms with Gasteiger partial charge >= 0.3 is 0 Å². The zero-order chi connectivity index (χ0) is 21.1. The first-order valence-corrected chi connectivity index (χ1v) is 9.26. The molecule has 29 heavy (non-hydrogen) atoms. The lowest BCUT2D eigenvalue weighted by Gasteiger charge is -2.12. The summed E-state index contributed by atoms with van der Waals surface area (Å²) >= 11 is 0. The Morgan fingerprint density at radius 3 is 2.21 bits per heavy atom. The summed E-state index contributed by atoms with van der Waals surface area (Å²) in [6.07, 6.45) is 0. The zero-order valence-corrected chi connectivity index (χ0v) is 16.9. The molecule has 3 rings (SSSR count). The van der Waals surface area contributed by atoms with Crippen LogP contribution in [-0.4, -0.2) is 30.8 Å². The summed E-state index contributed by atoms with van der Waals surface area (Å²) in [5.41, 5.74) is 4.72. The Labute approximate surface area is 170 Å². The molecule has 0 unspecified atom stereocenters. The molecule has 0 saturated carbocycles. The summed E-state index contributed by atoms with van der Waals surface area (Å²) in [5, 5.41) is 2.66. The SMILES string of the molecule is Cc1ccc(-c2ccc(C(=O)Nc3cccc(C(=O)N(C)C)c3)c(F)c2)cc1C. The molecule has 0 aliphatic heterocycles. The first-order valence-electron chi connectivity index (χ1n) is 9.26. The molecule has 4 nitrogen and oxygen atoms in total. The Balaban J connectivity index is 1.82. The number of hydrogen-bond acceptors (Lipinski definition) is 2. The Morgan fingerprint density at radius 2 is 1.55 bits per heavy atom. The molecule has 0 aromatic heterocycles. The molecule has 0 aliphatic carbocycles. The highest BCUT2D eigenvalue weighted by Gasteiger charge is 2.15. The minimum Gasteiger partial charge on any atom is -0.345 e. The van der Waals surface area contributed by atoms with Gasteiger partial charge in [-0.05, 0) is 66.4 Å². The van der Waals surface area contributed by atoms with E-state index < -0.39 is 11.7 Å². The maximum absolute atomic E-state index is 14.7. The van der Waals surface area contributed by atoms with E-state index in [0.29, 0.717) is 16.8 Å². The summed E-state index contributed by atoms with van der Waals surface area (Å²) in [5.74, 6) is -1.34.